The molecule has 1 aliphatic heterocycles. The first-order valence-corrected chi connectivity index (χ1v) is 7.93. The van der Waals surface area contributed by atoms with Gasteiger partial charge >= 0.3 is 0 Å². The third-order valence-corrected chi connectivity index (χ3v) is 4.87. The number of carbonyl (C=O) groups is 1. The largest absolute Gasteiger partial charge is 0.369 e. The molecule has 2 heterocycles. The Morgan fingerprint density at radius 3 is 2.90 bits per heavy atom. The lowest BCUT2D eigenvalue weighted by atomic mass is 9.79. The van der Waals surface area contributed by atoms with Crippen LogP contribution in [0.25, 0.3) is 0 Å². The van der Waals surface area contributed by atoms with E-state index in [1.54, 1.807) is 6.20 Å². The van der Waals surface area contributed by atoms with Crippen molar-refractivity contribution in [1.82, 2.24) is 4.98 Å². The predicted molar refractivity (Wildman–Crippen MR) is 84.2 cm³/mol. The molecule has 0 aromatic carbocycles. The molecule has 1 aliphatic carbocycles. The van der Waals surface area contributed by atoms with Crippen molar-refractivity contribution in [3.8, 4) is 0 Å². The summed E-state index contributed by atoms with van der Waals surface area (Å²) in [5, 5.41) is 6.34. The van der Waals surface area contributed by atoms with E-state index in [9.17, 15) is 4.79 Å². The average Bonchev–Trinajstić information content (AvgIpc) is 2.97. The fourth-order valence-corrected chi connectivity index (χ4v) is 3.46. The summed E-state index contributed by atoms with van der Waals surface area (Å²) in [4.78, 5) is 16.8. The number of nitrogens with zero attached hydrogens (tertiary/aromatic N) is 1. The first-order valence-electron chi connectivity index (χ1n) is 7.93. The number of anilines is 2. The van der Waals surface area contributed by atoms with Gasteiger partial charge in [-0.05, 0) is 51.0 Å². The van der Waals surface area contributed by atoms with Crippen LogP contribution in [0.1, 0.15) is 38.2 Å². The van der Waals surface area contributed by atoms with Crippen LogP contribution in [0.15, 0.2) is 12.3 Å². The van der Waals surface area contributed by atoms with E-state index >= 15 is 0 Å². The summed E-state index contributed by atoms with van der Waals surface area (Å²) in [6.07, 6.45) is 6.70. The molecule has 0 spiro atoms. The van der Waals surface area contributed by atoms with Gasteiger partial charge in [-0.25, -0.2) is 4.98 Å². The van der Waals surface area contributed by atoms with Crippen molar-refractivity contribution < 1.29 is 4.79 Å². The van der Waals surface area contributed by atoms with Crippen LogP contribution in [0.4, 0.5) is 11.5 Å². The number of fused-ring (bicyclic) bond motifs is 1. The summed E-state index contributed by atoms with van der Waals surface area (Å²) in [5.41, 5.74) is 8.01. The molecule has 1 unspecified atom stereocenters. The third-order valence-electron chi connectivity index (χ3n) is 4.87. The Morgan fingerprint density at radius 2 is 2.19 bits per heavy atom. The molecule has 1 aromatic rings. The number of nitrogens with two attached hydrogens (primary N) is 1. The maximum absolute atomic E-state index is 12.5. The van der Waals surface area contributed by atoms with Gasteiger partial charge in [0.05, 0.1) is 0 Å². The minimum Gasteiger partial charge on any atom is -0.369 e. The molecule has 1 atom stereocenters. The van der Waals surface area contributed by atoms with Gasteiger partial charge in [-0.2, -0.15) is 0 Å². The lowest BCUT2D eigenvalue weighted by Crippen LogP contribution is -2.33. The Balaban J connectivity index is 1.62. The number of hydrogen-bond acceptors (Lipinski definition) is 4. The van der Waals surface area contributed by atoms with Crippen molar-refractivity contribution in [3.63, 3.8) is 0 Å². The Hall–Kier alpha value is -1.62. The predicted octanol–water partition coefficient (Wildman–Crippen LogP) is 2.14. The van der Waals surface area contributed by atoms with E-state index in [0.717, 1.165) is 55.7 Å². The van der Waals surface area contributed by atoms with Crippen LogP contribution in [-0.2, 0) is 11.2 Å². The second-order valence-corrected chi connectivity index (χ2v) is 6.32. The molecule has 114 valence electrons. The molecular weight excluding hydrogens is 264 g/mol. The molecule has 5 heteroatoms. The molecule has 1 saturated carbocycles. The molecule has 2 aliphatic rings. The third kappa shape index (κ3) is 3.02. The highest BCUT2D eigenvalue weighted by Crippen LogP contribution is 2.32. The molecule has 1 fully saturated rings. The number of pyridine rings is 1. The van der Waals surface area contributed by atoms with Crippen molar-refractivity contribution in [1.29, 1.82) is 0 Å². The maximum atomic E-state index is 12.5. The van der Waals surface area contributed by atoms with Gasteiger partial charge in [0.1, 0.15) is 5.82 Å². The molecule has 21 heavy (non-hydrogen) atoms. The number of hydrogen-bond donors (Lipinski definition) is 3. The van der Waals surface area contributed by atoms with Gasteiger partial charge in [-0.1, -0.05) is 0 Å². The number of nitrogens with one attached hydrogen (secondary N) is 2. The molecule has 0 saturated heterocycles. The molecule has 3 rings (SSSR count). The minimum absolute atomic E-state index is 0.123. The first kappa shape index (κ1) is 14.3. The first-order chi connectivity index (χ1) is 10.1. The Bertz CT molecular complexity index is 521. The van der Waals surface area contributed by atoms with Crippen molar-refractivity contribution in [2.75, 3.05) is 17.2 Å². The molecule has 1 aromatic heterocycles. The van der Waals surface area contributed by atoms with E-state index in [2.05, 4.69) is 22.5 Å². The monoisotopic (exact) mass is 288 g/mol. The van der Waals surface area contributed by atoms with Gasteiger partial charge in [-0.15, -0.1) is 0 Å². The summed E-state index contributed by atoms with van der Waals surface area (Å²) in [6, 6.07) is 2.14. The van der Waals surface area contributed by atoms with Crippen LogP contribution in [0, 0.1) is 11.8 Å². The topological polar surface area (TPSA) is 80.0 Å². The van der Waals surface area contributed by atoms with Crippen LogP contribution in [0.3, 0.4) is 0 Å². The van der Waals surface area contributed by atoms with Crippen molar-refractivity contribution >= 4 is 17.4 Å². The van der Waals surface area contributed by atoms with Crippen LogP contribution < -0.4 is 16.4 Å². The van der Waals surface area contributed by atoms with Gasteiger partial charge in [0.2, 0.25) is 5.91 Å². The smallest absolute Gasteiger partial charge is 0.227 e. The molecule has 5 nitrogen and oxygen atoms in total. The Labute approximate surface area is 125 Å². The highest BCUT2D eigenvalue weighted by atomic mass is 16.1. The molecule has 1 amide bonds. The van der Waals surface area contributed by atoms with Crippen LogP contribution >= 0.6 is 0 Å². The Morgan fingerprint density at radius 1 is 1.43 bits per heavy atom. The second kappa shape index (κ2) is 6.02. The van der Waals surface area contributed by atoms with E-state index in [1.165, 1.54) is 0 Å². The van der Waals surface area contributed by atoms with Gasteiger partial charge in [-0.3, -0.25) is 4.79 Å². The van der Waals surface area contributed by atoms with E-state index in [-0.39, 0.29) is 17.9 Å². The maximum Gasteiger partial charge on any atom is 0.227 e. The van der Waals surface area contributed by atoms with Gasteiger partial charge < -0.3 is 16.4 Å². The number of amides is 1. The number of rotatable bonds is 3. The van der Waals surface area contributed by atoms with Crippen molar-refractivity contribution in [2.24, 2.45) is 17.6 Å². The zero-order valence-electron chi connectivity index (χ0n) is 12.6. The summed E-state index contributed by atoms with van der Waals surface area (Å²) in [5.74, 6) is 1.76. The zero-order valence-corrected chi connectivity index (χ0v) is 12.6. The standard InChI is InChI=1S/C16H24N4O/c1-10(17)11-2-4-12(5-3-11)16(21)20-14-7-9-19-15-13(14)6-8-18-15/h7,9-12H,2-6,8,17H2,1H3,(H2,18,19,20,21). The van der Waals surface area contributed by atoms with Gasteiger partial charge in [0.25, 0.3) is 0 Å². The number of carbonyl (C=O) groups excluding carboxylic acids is 1. The quantitative estimate of drug-likeness (QED) is 0.796. The normalized spacial score (nSPS) is 25.8. The summed E-state index contributed by atoms with van der Waals surface area (Å²) in [6.45, 7) is 2.97. The van der Waals surface area contributed by atoms with Crippen molar-refractivity contribution in [2.45, 2.75) is 45.1 Å². The van der Waals surface area contributed by atoms with Crippen molar-refractivity contribution in [3.05, 3.63) is 17.8 Å². The number of aromatic nitrogens is 1. The molecule has 0 radical (unpaired) electrons. The van der Waals surface area contributed by atoms with Crippen LogP contribution in [-0.4, -0.2) is 23.5 Å². The van der Waals surface area contributed by atoms with Crippen LogP contribution in [0.2, 0.25) is 0 Å². The zero-order chi connectivity index (χ0) is 14.8. The van der Waals surface area contributed by atoms with Gasteiger partial charge in [0, 0.05) is 36.0 Å². The summed E-state index contributed by atoms with van der Waals surface area (Å²) < 4.78 is 0. The lowest BCUT2D eigenvalue weighted by Gasteiger charge is -2.30. The van der Waals surface area contributed by atoms with E-state index in [1.807, 2.05) is 6.07 Å². The molecule has 4 N–H and O–H groups in total. The molecule has 0 bridgehead atoms. The van der Waals surface area contributed by atoms with E-state index in [0.29, 0.717) is 5.92 Å². The average molecular weight is 288 g/mol. The lowest BCUT2D eigenvalue weighted by molar-refractivity contribution is -0.121. The fourth-order valence-electron chi connectivity index (χ4n) is 3.46. The highest BCUT2D eigenvalue weighted by Gasteiger charge is 2.28. The Kier molecular flexibility index (Phi) is 4.10. The van der Waals surface area contributed by atoms with Crippen LogP contribution in [0.5, 0.6) is 0 Å². The van der Waals surface area contributed by atoms with E-state index in [4.69, 9.17) is 5.73 Å². The van der Waals surface area contributed by atoms with E-state index < -0.39 is 0 Å². The summed E-state index contributed by atoms with van der Waals surface area (Å²) >= 11 is 0. The summed E-state index contributed by atoms with van der Waals surface area (Å²) in [7, 11) is 0. The fraction of sp³-hybridized carbons (Fsp3) is 0.625. The van der Waals surface area contributed by atoms with Gasteiger partial charge in [0.15, 0.2) is 0 Å². The SMILES string of the molecule is CC(N)C1CCC(C(=O)Nc2ccnc3c2CCN3)CC1. The minimum atomic E-state index is 0.123. The molecular formula is C16H24N4O. The highest BCUT2D eigenvalue weighted by molar-refractivity contribution is 5.94. The second-order valence-electron chi connectivity index (χ2n) is 6.32.